The topological polar surface area (TPSA) is 3.24 Å². The summed E-state index contributed by atoms with van der Waals surface area (Å²) >= 11 is 0. The molecule has 4 rings (SSSR count). The lowest BCUT2D eigenvalue weighted by Gasteiger charge is -2.34. The summed E-state index contributed by atoms with van der Waals surface area (Å²) in [5.74, 6) is -2.94. The van der Waals surface area contributed by atoms with Gasteiger partial charge in [-0.05, 0) is 30.4 Å². The molecule has 1 heterocycles. The van der Waals surface area contributed by atoms with Crippen LogP contribution in [-0.2, 0) is 13.0 Å². The first-order valence-electron chi connectivity index (χ1n) is 6.85. The van der Waals surface area contributed by atoms with Crippen LogP contribution in [0.15, 0.2) is 24.3 Å². The van der Waals surface area contributed by atoms with Crippen molar-refractivity contribution in [2.24, 2.45) is 11.8 Å². The smallest absolute Gasteiger partial charge is 0.254 e. The average molecular weight is 249 g/mol. The van der Waals surface area contributed by atoms with Crippen LogP contribution in [0.5, 0.6) is 0 Å². The number of alkyl halides is 2. The number of rotatable bonds is 1. The molecule has 1 aromatic carbocycles. The number of benzene rings is 1. The minimum atomic E-state index is -2.33. The van der Waals surface area contributed by atoms with Crippen LogP contribution < -0.4 is 0 Å². The molecule has 18 heavy (non-hydrogen) atoms. The maximum absolute atomic E-state index is 13.2. The highest BCUT2D eigenvalue weighted by Gasteiger charge is 2.71. The Bertz CT molecular complexity index is 471. The van der Waals surface area contributed by atoms with Crippen LogP contribution in [0.1, 0.15) is 24.0 Å². The normalized spacial score (nSPS) is 37.1. The van der Waals surface area contributed by atoms with Gasteiger partial charge in [0.2, 0.25) is 0 Å². The van der Waals surface area contributed by atoms with Gasteiger partial charge < -0.3 is 0 Å². The van der Waals surface area contributed by atoms with E-state index in [1.807, 2.05) is 0 Å². The fraction of sp³-hybridized carbons (Fsp3) is 0.600. The van der Waals surface area contributed by atoms with Gasteiger partial charge in [-0.2, -0.15) is 0 Å². The zero-order chi connectivity index (χ0) is 12.3. The highest BCUT2D eigenvalue weighted by Crippen LogP contribution is 2.64. The van der Waals surface area contributed by atoms with Crippen LogP contribution in [0.3, 0.4) is 0 Å². The van der Waals surface area contributed by atoms with Crippen molar-refractivity contribution in [2.45, 2.75) is 37.8 Å². The standard InChI is InChI=1S/C15H17F2N/c16-15(17)13-7-12(8-14(13)15)18-6-5-10-3-1-2-4-11(10)9-18/h1-4,12-14H,5-9H2. The Labute approximate surface area is 106 Å². The Morgan fingerprint density at radius 1 is 1.06 bits per heavy atom. The van der Waals surface area contributed by atoms with Gasteiger partial charge in [-0.1, -0.05) is 24.3 Å². The molecule has 0 aromatic heterocycles. The second kappa shape index (κ2) is 3.53. The minimum Gasteiger partial charge on any atom is -0.296 e. The lowest BCUT2D eigenvalue weighted by atomic mass is 9.97. The SMILES string of the molecule is FC1(F)C2CC(N3CCc4ccccc4C3)CC21. The van der Waals surface area contributed by atoms with Crippen LogP contribution >= 0.6 is 0 Å². The molecule has 0 spiro atoms. The lowest BCUT2D eigenvalue weighted by Crippen LogP contribution is -2.39. The molecule has 3 heteroatoms. The van der Waals surface area contributed by atoms with Gasteiger partial charge >= 0.3 is 0 Å². The summed E-state index contributed by atoms with van der Waals surface area (Å²) in [6.45, 7) is 1.98. The van der Waals surface area contributed by atoms with Gasteiger partial charge in [0.15, 0.2) is 0 Å². The van der Waals surface area contributed by atoms with Gasteiger partial charge in [0.05, 0.1) is 0 Å². The van der Waals surface area contributed by atoms with Crippen LogP contribution in [0.2, 0.25) is 0 Å². The second-order valence-electron chi connectivity index (χ2n) is 6.00. The summed E-state index contributed by atoms with van der Waals surface area (Å²) in [7, 11) is 0. The van der Waals surface area contributed by atoms with Crippen LogP contribution in [0.25, 0.3) is 0 Å². The number of hydrogen-bond acceptors (Lipinski definition) is 1. The maximum Gasteiger partial charge on any atom is 0.254 e. The third-order valence-electron chi connectivity index (χ3n) is 5.09. The molecule has 0 amide bonds. The third-order valence-corrected chi connectivity index (χ3v) is 5.09. The van der Waals surface area contributed by atoms with E-state index in [9.17, 15) is 8.78 Å². The summed E-state index contributed by atoms with van der Waals surface area (Å²) in [4.78, 5) is 2.42. The van der Waals surface area contributed by atoms with Crippen molar-refractivity contribution >= 4 is 0 Å². The Kier molecular flexibility index (Phi) is 2.14. The van der Waals surface area contributed by atoms with E-state index in [2.05, 4.69) is 29.2 Å². The lowest BCUT2D eigenvalue weighted by molar-refractivity contribution is 0.0483. The summed E-state index contributed by atoms with van der Waals surface area (Å²) in [6.07, 6.45) is 2.48. The summed E-state index contributed by atoms with van der Waals surface area (Å²) in [6, 6.07) is 8.91. The number of hydrogen-bond donors (Lipinski definition) is 0. The van der Waals surface area contributed by atoms with Gasteiger partial charge in [-0.25, -0.2) is 8.78 Å². The van der Waals surface area contributed by atoms with E-state index in [0.29, 0.717) is 18.9 Å². The van der Waals surface area contributed by atoms with Gasteiger partial charge in [0, 0.05) is 31.0 Å². The molecule has 2 unspecified atom stereocenters. The van der Waals surface area contributed by atoms with Crippen molar-refractivity contribution < 1.29 is 8.78 Å². The predicted octanol–water partition coefficient (Wildman–Crippen LogP) is 3.09. The van der Waals surface area contributed by atoms with Crippen LogP contribution in [0.4, 0.5) is 8.78 Å². The zero-order valence-electron chi connectivity index (χ0n) is 10.3. The number of halogens is 2. The van der Waals surface area contributed by atoms with Gasteiger partial charge in [0.1, 0.15) is 0 Å². The second-order valence-corrected chi connectivity index (χ2v) is 6.00. The van der Waals surface area contributed by atoms with Gasteiger partial charge in [-0.3, -0.25) is 4.90 Å². The minimum absolute atomic E-state index is 0.306. The third kappa shape index (κ3) is 1.46. The number of nitrogens with zero attached hydrogens (tertiary/aromatic N) is 1. The number of fused-ring (bicyclic) bond motifs is 2. The fourth-order valence-corrected chi connectivity index (χ4v) is 3.91. The molecule has 96 valence electrons. The molecular formula is C15H17F2N. The van der Waals surface area contributed by atoms with Crippen molar-refractivity contribution in [2.75, 3.05) is 6.54 Å². The largest absolute Gasteiger partial charge is 0.296 e. The molecule has 0 saturated heterocycles. The molecule has 0 bridgehead atoms. The first-order chi connectivity index (χ1) is 8.66. The molecule has 3 aliphatic rings. The van der Waals surface area contributed by atoms with Crippen molar-refractivity contribution in [3.05, 3.63) is 35.4 Å². The molecule has 2 atom stereocenters. The Morgan fingerprint density at radius 2 is 1.72 bits per heavy atom. The first kappa shape index (κ1) is 10.9. The first-order valence-corrected chi connectivity index (χ1v) is 6.85. The van der Waals surface area contributed by atoms with Gasteiger partial charge in [0.25, 0.3) is 5.92 Å². The van der Waals surface area contributed by atoms with E-state index >= 15 is 0 Å². The van der Waals surface area contributed by atoms with E-state index in [1.54, 1.807) is 0 Å². The molecular weight excluding hydrogens is 232 g/mol. The molecule has 0 radical (unpaired) electrons. The summed E-state index contributed by atoms with van der Waals surface area (Å²) in [5.41, 5.74) is 2.82. The van der Waals surface area contributed by atoms with Gasteiger partial charge in [-0.15, -0.1) is 0 Å². The average Bonchev–Trinajstić information content (AvgIpc) is 2.80. The molecule has 2 saturated carbocycles. The highest BCUT2D eigenvalue weighted by atomic mass is 19.3. The Hall–Kier alpha value is -0.960. The molecule has 0 N–H and O–H groups in total. The van der Waals surface area contributed by atoms with Crippen molar-refractivity contribution in [1.29, 1.82) is 0 Å². The quantitative estimate of drug-likeness (QED) is 0.739. The van der Waals surface area contributed by atoms with E-state index in [1.165, 1.54) is 11.1 Å². The zero-order valence-corrected chi connectivity index (χ0v) is 10.3. The molecule has 2 fully saturated rings. The van der Waals surface area contributed by atoms with E-state index in [-0.39, 0.29) is 11.8 Å². The Morgan fingerprint density at radius 3 is 2.44 bits per heavy atom. The molecule has 1 aliphatic heterocycles. The Balaban J connectivity index is 1.47. The highest BCUT2D eigenvalue weighted by molar-refractivity contribution is 5.29. The monoisotopic (exact) mass is 249 g/mol. The van der Waals surface area contributed by atoms with Crippen LogP contribution in [-0.4, -0.2) is 23.4 Å². The summed E-state index contributed by atoms with van der Waals surface area (Å²) in [5, 5.41) is 0. The molecule has 1 nitrogen and oxygen atoms in total. The predicted molar refractivity (Wildman–Crippen MR) is 65.5 cm³/mol. The molecule has 2 aliphatic carbocycles. The van der Waals surface area contributed by atoms with E-state index < -0.39 is 5.92 Å². The molecule has 1 aromatic rings. The van der Waals surface area contributed by atoms with Crippen LogP contribution in [0, 0.1) is 11.8 Å². The van der Waals surface area contributed by atoms with Crippen molar-refractivity contribution in [1.82, 2.24) is 4.90 Å². The van der Waals surface area contributed by atoms with Crippen molar-refractivity contribution in [3.63, 3.8) is 0 Å². The summed E-state index contributed by atoms with van der Waals surface area (Å²) < 4.78 is 26.4. The maximum atomic E-state index is 13.2. The fourth-order valence-electron chi connectivity index (χ4n) is 3.91. The van der Waals surface area contributed by atoms with E-state index in [0.717, 1.165) is 19.5 Å². The van der Waals surface area contributed by atoms with Crippen molar-refractivity contribution in [3.8, 4) is 0 Å². The van der Waals surface area contributed by atoms with E-state index in [4.69, 9.17) is 0 Å².